The SMILES string of the molecule is CC(=O)c1ccn2c3c(c(-c4ccc(O)cc4)c2c1)CN(C)C3=O. The number of pyridine rings is 1. The molecule has 24 heavy (non-hydrogen) atoms. The summed E-state index contributed by atoms with van der Waals surface area (Å²) in [5.74, 6) is 0.149. The first-order valence-corrected chi connectivity index (χ1v) is 7.70. The topological polar surface area (TPSA) is 62.0 Å². The predicted octanol–water partition coefficient (Wildman–Crippen LogP) is 3.10. The third-order valence-electron chi connectivity index (χ3n) is 4.55. The first kappa shape index (κ1) is 14.5. The highest BCUT2D eigenvalue weighted by Gasteiger charge is 2.32. The molecule has 0 spiro atoms. The molecule has 1 aliphatic rings. The molecule has 1 amide bonds. The molecule has 3 heterocycles. The van der Waals surface area contributed by atoms with Crippen LogP contribution in [0.4, 0.5) is 0 Å². The van der Waals surface area contributed by atoms with Crippen molar-refractivity contribution in [2.75, 3.05) is 7.05 Å². The molecule has 0 saturated carbocycles. The van der Waals surface area contributed by atoms with E-state index in [9.17, 15) is 14.7 Å². The molecule has 4 rings (SSSR count). The van der Waals surface area contributed by atoms with E-state index >= 15 is 0 Å². The van der Waals surface area contributed by atoms with E-state index in [0.29, 0.717) is 17.8 Å². The molecule has 1 N–H and O–H groups in total. The molecule has 1 aromatic carbocycles. The molecule has 0 fully saturated rings. The normalized spacial score (nSPS) is 13.6. The number of hydrogen-bond acceptors (Lipinski definition) is 3. The highest BCUT2D eigenvalue weighted by atomic mass is 16.3. The number of phenolic OH excluding ortho intramolecular Hbond substituents is 1. The Morgan fingerprint density at radius 3 is 2.54 bits per heavy atom. The van der Waals surface area contributed by atoms with Gasteiger partial charge in [0.25, 0.3) is 5.91 Å². The van der Waals surface area contributed by atoms with Crippen LogP contribution in [0.5, 0.6) is 5.75 Å². The van der Waals surface area contributed by atoms with Crippen molar-refractivity contribution in [2.24, 2.45) is 0 Å². The molecular weight excluding hydrogens is 304 g/mol. The summed E-state index contributed by atoms with van der Waals surface area (Å²) in [6.07, 6.45) is 1.78. The van der Waals surface area contributed by atoms with Crippen molar-refractivity contribution >= 4 is 17.2 Å². The van der Waals surface area contributed by atoms with Gasteiger partial charge in [-0.2, -0.15) is 0 Å². The average molecular weight is 320 g/mol. The zero-order chi connectivity index (χ0) is 17.0. The van der Waals surface area contributed by atoms with Crippen molar-refractivity contribution in [1.82, 2.24) is 9.30 Å². The van der Waals surface area contributed by atoms with Crippen molar-refractivity contribution in [3.05, 3.63) is 59.4 Å². The smallest absolute Gasteiger partial charge is 0.271 e. The second-order valence-corrected chi connectivity index (χ2v) is 6.14. The monoisotopic (exact) mass is 320 g/mol. The van der Waals surface area contributed by atoms with Gasteiger partial charge in [0.05, 0.1) is 5.52 Å². The number of carbonyl (C=O) groups is 2. The van der Waals surface area contributed by atoms with Crippen molar-refractivity contribution in [3.63, 3.8) is 0 Å². The number of carbonyl (C=O) groups excluding carboxylic acids is 2. The van der Waals surface area contributed by atoms with E-state index in [1.807, 2.05) is 22.6 Å². The first-order valence-electron chi connectivity index (χ1n) is 7.70. The van der Waals surface area contributed by atoms with Gasteiger partial charge in [-0.05, 0) is 36.8 Å². The largest absolute Gasteiger partial charge is 0.508 e. The summed E-state index contributed by atoms with van der Waals surface area (Å²) in [6.45, 7) is 2.06. The fourth-order valence-electron chi connectivity index (χ4n) is 3.35. The van der Waals surface area contributed by atoms with Crippen molar-refractivity contribution in [2.45, 2.75) is 13.5 Å². The first-order chi connectivity index (χ1) is 11.5. The molecule has 1 aliphatic heterocycles. The van der Waals surface area contributed by atoms with Gasteiger partial charge >= 0.3 is 0 Å². The van der Waals surface area contributed by atoms with E-state index in [1.54, 1.807) is 36.3 Å². The molecule has 5 heteroatoms. The number of aromatic nitrogens is 1. The van der Waals surface area contributed by atoms with Crippen molar-refractivity contribution < 1.29 is 14.7 Å². The maximum Gasteiger partial charge on any atom is 0.271 e. The number of aromatic hydroxyl groups is 1. The Kier molecular flexibility index (Phi) is 3.00. The van der Waals surface area contributed by atoms with Crippen LogP contribution in [-0.4, -0.2) is 33.1 Å². The van der Waals surface area contributed by atoms with Crippen LogP contribution in [0.25, 0.3) is 16.6 Å². The Morgan fingerprint density at radius 1 is 1.17 bits per heavy atom. The molecule has 0 saturated heterocycles. The van der Waals surface area contributed by atoms with Crippen molar-refractivity contribution in [1.29, 1.82) is 0 Å². The summed E-state index contributed by atoms with van der Waals surface area (Å²) in [7, 11) is 1.78. The minimum absolute atomic E-state index is 0.0149. The molecule has 0 bridgehead atoms. The Bertz CT molecular complexity index is 1000. The fraction of sp³-hybridized carbons (Fsp3) is 0.158. The Morgan fingerprint density at radius 2 is 1.88 bits per heavy atom. The standard InChI is InChI=1S/C19H16N2O3/c1-11(22)13-7-8-21-16(9-13)17(12-3-5-14(23)6-4-12)15-10-20(2)19(24)18(15)21/h3-9,23H,10H2,1-2H3. The van der Waals surface area contributed by atoms with Crippen LogP contribution in [0.3, 0.4) is 0 Å². The maximum absolute atomic E-state index is 12.5. The molecular formula is C19H16N2O3. The van der Waals surface area contributed by atoms with Crippen LogP contribution >= 0.6 is 0 Å². The Labute approximate surface area is 138 Å². The van der Waals surface area contributed by atoms with Gasteiger partial charge < -0.3 is 14.4 Å². The number of fused-ring (bicyclic) bond motifs is 3. The van der Waals surface area contributed by atoms with Crippen LogP contribution in [0, 0.1) is 0 Å². The molecule has 2 aromatic heterocycles. The Balaban J connectivity index is 2.08. The number of Topliss-reactive ketones (excluding diaryl/α,β-unsaturated/α-hetero) is 1. The summed E-state index contributed by atoms with van der Waals surface area (Å²) in [5.41, 5.74) is 4.89. The highest BCUT2D eigenvalue weighted by molar-refractivity contribution is 6.05. The van der Waals surface area contributed by atoms with E-state index in [0.717, 1.165) is 22.2 Å². The number of amides is 1. The number of rotatable bonds is 2. The number of ketones is 1. The van der Waals surface area contributed by atoms with Crippen LogP contribution in [0.1, 0.15) is 33.3 Å². The lowest BCUT2D eigenvalue weighted by Crippen LogP contribution is -2.19. The molecule has 0 aliphatic carbocycles. The van der Waals surface area contributed by atoms with Gasteiger partial charge in [0.2, 0.25) is 0 Å². The second-order valence-electron chi connectivity index (χ2n) is 6.14. The zero-order valence-corrected chi connectivity index (χ0v) is 13.4. The summed E-state index contributed by atoms with van der Waals surface area (Å²) < 4.78 is 1.86. The van der Waals surface area contributed by atoms with Gasteiger partial charge in [-0.3, -0.25) is 9.59 Å². The molecule has 0 unspecified atom stereocenters. The second kappa shape index (κ2) is 4.96. The van der Waals surface area contributed by atoms with E-state index in [2.05, 4.69) is 0 Å². The molecule has 0 atom stereocenters. The summed E-state index contributed by atoms with van der Waals surface area (Å²) in [5, 5.41) is 9.55. The van der Waals surface area contributed by atoms with Crippen LogP contribution in [0.2, 0.25) is 0 Å². The van der Waals surface area contributed by atoms with Gasteiger partial charge in [-0.25, -0.2) is 0 Å². The summed E-state index contributed by atoms with van der Waals surface area (Å²) in [6, 6.07) is 10.5. The van der Waals surface area contributed by atoms with E-state index < -0.39 is 0 Å². The lowest BCUT2D eigenvalue weighted by molar-refractivity contribution is 0.0810. The van der Waals surface area contributed by atoms with E-state index in [-0.39, 0.29) is 17.4 Å². The van der Waals surface area contributed by atoms with Gasteiger partial charge in [0.15, 0.2) is 5.78 Å². The van der Waals surface area contributed by atoms with Crippen LogP contribution in [-0.2, 0) is 6.54 Å². The minimum Gasteiger partial charge on any atom is -0.508 e. The number of nitrogens with zero attached hydrogens (tertiary/aromatic N) is 2. The molecule has 0 radical (unpaired) electrons. The number of phenols is 1. The number of benzene rings is 1. The average Bonchev–Trinajstić information content (AvgIpc) is 3.02. The van der Waals surface area contributed by atoms with E-state index in [4.69, 9.17) is 0 Å². The van der Waals surface area contributed by atoms with Crippen molar-refractivity contribution in [3.8, 4) is 16.9 Å². The van der Waals surface area contributed by atoms with Gasteiger partial charge in [-0.1, -0.05) is 12.1 Å². The lowest BCUT2D eigenvalue weighted by atomic mass is 10.0. The Hall–Kier alpha value is -3.08. The van der Waals surface area contributed by atoms with Gasteiger partial charge in [-0.15, -0.1) is 0 Å². The molecule has 120 valence electrons. The van der Waals surface area contributed by atoms with Crippen LogP contribution < -0.4 is 0 Å². The summed E-state index contributed by atoms with van der Waals surface area (Å²) >= 11 is 0. The van der Waals surface area contributed by atoms with Crippen LogP contribution in [0.15, 0.2) is 42.6 Å². The maximum atomic E-state index is 12.5. The molecule has 3 aromatic rings. The summed E-state index contributed by atoms with van der Waals surface area (Å²) in [4.78, 5) is 26.0. The quantitative estimate of drug-likeness (QED) is 0.738. The fourth-order valence-corrected chi connectivity index (χ4v) is 3.35. The van der Waals surface area contributed by atoms with E-state index in [1.165, 1.54) is 6.92 Å². The zero-order valence-electron chi connectivity index (χ0n) is 13.4. The number of hydrogen-bond donors (Lipinski definition) is 1. The third-order valence-corrected chi connectivity index (χ3v) is 4.55. The van der Waals surface area contributed by atoms with Gasteiger partial charge in [0, 0.05) is 36.5 Å². The van der Waals surface area contributed by atoms with Gasteiger partial charge in [0.1, 0.15) is 11.4 Å². The molecule has 5 nitrogen and oxygen atoms in total. The highest BCUT2D eigenvalue weighted by Crippen LogP contribution is 2.38. The lowest BCUT2D eigenvalue weighted by Gasteiger charge is -2.11. The minimum atomic E-state index is -0.0272. The third kappa shape index (κ3) is 1.94. The predicted molar refractivity (Wildman–Crippen MR) is 90.3 cm³/mol.